The van der Waals surface area contributed by atoms with Crippen molar-refractivity contribution in [2.75, 3.05) is 26.2 Å². The Labute approximate surface area is 166 Å². The summed E-state index contributed by atoms with van der Waals surface area (Å²) >= 11 is 0. The Morgan fingerprint density at radius 2 is 1.70 bits per heavy atom. The van der Waals surface area contributed by atoms with Crippen molar-refractivity contribution in [2.45, 2.75) is 37.8 Å². The molecule has 0 bridgehead atoms. The third-order valence-electron chi connectivity index (χ3n) is 6.19. The first kappa shape index (κ1) is 20.0. The number of rotatable bonds is 4. The van der Waals surface area contributed by atoms with E-state index >= 15 is 0 Å². The summed E-state index contributed by atoms with van der Waals surface area (Å²) in [4.78, 5) is 27.8. The van der Waals surface area contributed by atoms with E-state index in [4.69, 9.17) is 0 Å². The number of carbonyl (C=O) groups is 2. The van der Waals surface area contributed by atoms with Crippen molar-refractivity contribution in [1.82, 2.24) is 20.9 Å². The Bertz CT molecular complexity index is 651. The minimum absolute atomic E-state index is 0. The van der Waals surface area contributed by atoms with E-state index in [1.165, 1.54) is 0 Å². The number of nitrogens with one attached hydrogen (secondary N) is 3. The fraction of sp³-hybridized carbons (Fsp3) is 0.600. The molecule has 3 fully saturated rings. The second-order valence-corrected chi connectivity index (χ2v) is 7.97. The van der Waals surface area contributed by atoms with Crippen molar-refractivity contribution in [3.8, 4) is 0 Å². The number of hydrogen-bond acceptors (Lipinski definition) is 3. The third-order valence-corrected chi connectivity index (χ3v) is 6.19. The predicted molar refractivity (Wildman–Crippen MR) is 107 cm³/mol. The van der Waals surface area contributed by atoms with Gasteiger partial charge in [0.2, 0.25) is 5.91 Å². The summed E-state index contributed by atoms with van der Waals surface area (Å²) < 4.78 is 0. The van der Waals surface area contributed by atoms with Gasteiger partial charge in [0.15, 0.2) is 0 Å². The van der Waals surface area contributed by atoms with Crippen LogP contribution in [0.1, 0.15) is 31.2 Å². The van der Waals surface area contributed by atoms with E-state index in [2.05, 4.69) is 16.0 Å². The number of halogens is 1. The Hall–Kier alpha value is -1.79. The zero-order chi connectivity index (χ0) is 18.0. The summed E-state index contributed by atoms with van der Waals surface area (Å²) in [6, 6.07) is 9.58. The minimum Gasteiger partial charge on any atom is -0.340 e. The molecule has 0 unspecified atom stereocenters. The van der Waals surface area contributed by atoms with Gasteiger partial charge in [0.25, 0.3) is 0 Å². The zero-order valence-corrected chi connectivity index (χ0v) is 16.4. The van der Waals surface area contributed by atoms with Crippen molar-refractivity contribution in [1.29, 1.82) is 0 Å². The first-order chi connectivity index (χ1) is 12.7. The van der Waals surface area contributed by atoms with Crippen LogP contribution in [0.25, 0.3) is 0 Å². The SMILES string of the molecule is Cl.O=C(NCc1ccccc1)NC1(C(=O)N2C[C@H]3CNC[C@H]3C2)CCCC1. The van der Waals surface area contributed by atoms with Crippen molar-refractivity contribution in [3.63, 3.8) is 0 Å². The maximum Gasteiger partial charge on any atom is 0.315 e. The number of hydrogen-bond donors (Lipinski definition) is 3. The number of benzene rings is 1. The Morgan fingerprint density at radius 1 is 1.07 bits per heavy atom. The molecule has 0 spiro atoms. The monoisotopic (exact) mass is 392 g/mol. The number of nitrogens with zero attached hydrogens (tertiary/aromatic N) is 1. The van der Waals surface area contributed by atoms with Gasteiger partial charge in [-0.1, -0.05) is 43.2 Å². The van der Waals surface area contributed by atoms with E-state index in [0.29, 0.717) is 18.4 Å². The molecule has 2 aliphatic heterocycles. The quantitative estimate of drug-likeness (QED) is 0.732. The van der Waals surface area contributed by atoms with Crippen LogP contribution >= 0.6 is 12.4 Å². The summed E-state index contributed by atoms with van der Waals surface area (Å²) in [7, 11) is 0. The molecule has 1 aliphatic carbocycles. The molecule has 2 heterocycles. The van der Waals surface area contributed by atoms with Gasteiger partial charge in [0, 0.05) is 32.7 Å². The zero-order valence-electron chi connectivity index (χ0n) is 15.6. The number of amides is 3. The fourth-order valence-corrected chi connectivity index (χ4v) is 4.73. The van der Waals surface area contributed by atoms with Gasteiger partial charge >= 0.3 is 6.03 Å². The summed E-state index contributed by atoms with van der Waals surface area (Å²) in [5, 5.41) is 9.36. The fourth-order valence-electron chi connectivity index (χ4n) is 4.73. The molecule has 4 rings (SSSR count). The molecule has 27 heavy (non-hydrogen) atoms. The predicted octanol–water partition coefficient (Wildman–Crippen LogP) is 1.90. The van der Waals surface area contributed by atoms with Gasteiger partial charge in [-0.2, -0.15) is 0 Å². The van der Waals surface area contributed by atoms with Crippen LogP contribution in [-0.2, 0) is 11.3 Å². The van der Waals surface area contributed by atoms with Crippen molar-refractivity contribution >= 4 is 24.3 Å². The third kappa shape index (κ3) is 4.22. The molecule has 2 atom stereocenters. The molecular weight excluding hydrogens is 364 g/mol. The van der Waals surface area contributed by atoms with E-state index in [1.807, 2.05) is 35.2 Å². The van der Waals surface area contributed by atoms with E-state index in [-0.39, 0.29) is 24.3 Å². The van der Waals surface area contributed by atoms with Gasteiger partial charge in [-0.15, -0.1) is 12.4 Å². The Morgan fingerprint density at radius 3 is 2.33 bits per heavy atom. The highest BCUT2D eigenvalue weighted by Crippen LogP contribution is 2.35. The number of fused-ring (bicyclic) bond motifs is 1. The molecule has 0 aromatic heterocycles. The van der Waals surface area contributed by atoms with Gasteiger partial charge in [0.1, 0.15) is 5.54 Å². The Balaban J connectivity index is 0.00000210. The Kier molecular flexibility index (Phi) is 6.27. The average Bonchev–Trinajstić information content (AvgIpc) is 3.37. The normalized spacial score (nSPS) is 25.6. The first-order valence-corrected chi connectivity index (χ1v) is 9.76. The average molecular weight is 393 g/mol. The van der Waals surface area contributed by atoms with Crippen LogP contribution in [0, 0.1) is 11.8 Å². The number of carbonyl (C=O) groups excluding carboxylic acids is 2. The van der Waals surface area contributed by atoms with Crippen LogP contribution < -0.4 is 16.0 Å². The molecule has 3 amide bonds. The highest BCUT2D eigenvalue weighted by atomic mass is 35.5. The smallest absolute Gasteiger partial charge is 0.315 e. The van der Waals surface area contributed by atoms with E-state index < -0.39 is 5.54 Å². The molecule has 7 heteroatoms. The molecular formula is C20H29ClN4O2. The van der Waals surface area contributed by atoms with Gasteiger partial charge in [0.05, 0.1) is 0 Å². The summed E-state index contributed by atoms with van der Waals surface area (Å²) in [6.45, 7) is 4.13. The van der Waals surface area contributed by atoms with Crippen molar-refractivity contribution < 1.29 is 9.59 Å². The molecule has 0 radical (unpaired) electrons. The molecule has 1 saturated carbocycles. The molecule has 3 aliphatic rings. The molecule has 1 aromatic carbocycles. The lowest BCUT2D eigenvalue weighted by Gasteiger charge is -2.33. The lowest BCUT2D eigenvalue weighted by molar-refractivity contribution is -0.137. The van der Waals surface area contributed by atoms with E-state index in [9.17, 15) is 9.59 Å². The second-order valence-electron chi connectivity index (χ2n) is 7.97. The van der Waals surface area contributed by atoms with Crippen LogP contribution in [0.4, 0.5) is 4.79 Å². The van der Waals surface area contributed by atoms with E-state index in [1.54, 1.807) is 0 Å². The maximum absolute atomic E-state index is 13.3. The minimum atomic E-state index is -0.715. The lowest BCUT2D eigenvalue weighted by Crippen LogP contribution is -2.59. The topological polar surface area (TPSA) is 73.5 Å². The number of likely N-dealkylation sites (tertiary alicyclic amines) is 1. The van der Waals surface area contributed by atoms with Gasteiger partial charge < -0.3 is 20.9 Å². The summed E-state index contributed by atoms with van der Waals surface area (Å²) in [5.41, 5.74) is 0.335. The molecule has 6 nitrogen and oxygen atoms in total. The number of urea groups is 1. The molecule has 148 valence electrons. The second kappa shape index (κ2) is 8.48. The molecule has 3 N–H and O–H groups in total. The summed E-state index contributed by atoms with van der Waals surface area (Å²) in [5.74, 6) is 1.27. The molecule has 2 saturated heterocycles. The van der Waals surface area contributed by atoms with E-state index in [0.717, 1.165) is 57.4 Å². The maximum atomic E-state index is 13.3. The van der Waals surface area contributed by atoms with Crippen LogP contribution in [0.5, 0.6) is 0 Å². The van der Waals surface area contributed by atoms with Crippen LogP contribution in [0.3, 0.4) is 0 Å². The highest BCUT2D eigenvalue weighted by Gasteiger charge is 2.48. The van der Waals surface area contributed by atoms with Gasteiger partial charge in [-0.25, -0.2) is 4.79 Å². The molecule has 1 aromatic rings. The van der Waals surface area contributed by atoms with Crippen LogP contribution in [0.2, 0.25) is 0 Å². The summed E-state index contributed by atoms with van der Waals surface area (Å²) in [6.07, 6.45) is 3.48. The van der Waals surface area contributed by atoms with Crippen LogP contribution in [-0.4, -0.2) is 48.6 Å². The van der Waals surface area contributed by atoms with Gasteiger partial charge in [-0.05, 0) is 30.2 Å². The lowest BCUT2D eigenvalue weighted by atomic mass is 9.95. The highest BCUT2D eigenvalue weighted by molar-refractivity contribution is 5.91. The van der Waals surface area contributed by atoms with Gasteiger partial charge in [-0.3, -0.25) is 4.79 Å². The first-order valence-electron chi connectivity index (χ1n) is 9.76. The van der Waals surface area contributed by atoms with Crippen LogP contribution in [0.15, 0.2) is 30.3 Å². The largest absolute Gasteiger partial charge is 0.340 e. The van der Waals surface area contributed by atoms with Crippen molar-refractivity contribution in [2.24, 2.45) is 11.8 Å². The van der Waals surface area contributed by atoms with Crippen molar-refractivity contribution in [3.05, 3.63) is 35.9 Å². The standard InChI is InChI=1S/C20H28N4O2.ClH/c25-18(24-13-16-11-21-12-17(16)14-24)20(8-4-5-9-20)23-19(26)22-10-15-6-2-1-3-7-15;/h1-3,6-7,16-17,21H,4-5,8-14H2,(H2,22,23,26);1H/t16-,17+;.